The van der Waals surface area contributed by atoms with Gasteiger partial charge in [-0.2, -0.15) is 0 Å². The van der Waals surface area contributed by atoms with Gasteiger partial charge in [0.1, 0.15) is 11.2 Å². The molecule has 1 aliphatic rings. The minimum absolute atomic E-state index is 0.0808. The highest BCUT2D eigenvalue weighted by molar-refractivity contribution is 5.85. The van der Waals surface area contributed by atoms with Crippen LogP contribution in [0, 0.1) is 17.8 Å². The van der Waals surface area contributed by atoms with Gasteiger partial charge in [0.05, 0.1) is 6.04 Å². The average Bonchev–Trinajstić information content (AvgIpc) is 2.63. The molecule has 6 nitrogen and oxygen atoms in total. The molecule has 2 amide bonds. The number of alkyl carbamates (subject to hydrolysis) is 1. The van der Waals surface area contributed by atoms with Gasteiger partial charge in [0.25, 0.3) is 5.91 Å². The van der Waals surface area contributed by atoms with Crippen molar-refractivity contribution in [3.63, 3.8) is 0 Å². The lowest BCUT2D eigenvalue weighted by molar-refractivity contribution is -0.155. The quantitative estimate of drug-likeness (QED) is 0.646. The molecule has 0 unspecified atom stereocenters. The summed E-state index contributed by atoms with van der Waals surface area (Å²) < 4.78 is 5.38. The predicted octanol–water partition coefficient (Wildman–Crippen LogP) is 4.19. The van der Waals surface area contributed by atoms with E-state index >= 15 is 0 Å². The average molecular weight is 419 g/mol. The largest absolute Gasteiger partial charge is 0.444 e. The van der Waals surface area contributed by atoms with Crippen LogP contribution in [0.15, 0.2) is 30.3 Å². The molecule has 0 spiro atoms. The van der Waals surface area contributed by atoms with Crippen molar-refractivity contribution in [2.24, 2.45) is 17.8 Å². The van der Waals surface area contributed by atoms with Gasteiger partial charge in [0, 0.05) is 6.54 Å². The molecule has 1 aliphatic carbocycles. The van der Waals surface area contributed by atoms with E-state index in [0.29, 0.717) is 12.3 Å². The van der Waals surface area contributed by atoms with E-state index in [9.17, 15) is 14.7 Å². The lowest BCUT2D eigenvalue weighted by atomic mass is 9.66. The summed E-state index contributed by atoms with van der Waals surface area (Å²) in [6.45, 7) is 11.8. The lowest BCUT2D eigenvalue weighted by Gasteiger charge is -2.43. The number of amides is 2. The molecule has 30 heavy (non-hydrogen) atoms. The van der Waals surface area contributed by atoms with Gasteiger partial charge in [0.2, 0.25) is 0 Å². The SMILES string of the molecule is CC(C)[C@@H]1CC[C@@H](C)C[C@@]1(O)C(=O)NC[C@@H](NC(=O)OC(C)(C)C)c1ccccc1. The number of ether oxygens (including phenoxy) is 1. The van der Waals surface area contributed by atoms with E-state index in [1.54, 1.807) is 20.8 Å². The molecule has 1 aromatic rings. The van der Waals surface area contributed by atoms with Crippen molar-refractivity contribution in [2.45, 2.75) is 78.0 Å². The molecule has 0 bridgehead atoms. The molecule has 3 N–H and O–H groups in total. The summed E-state index contributed by atoms with van der Waals surface area (Å²) in [4.78, 5) is 25.5. The third-order valence-corrected chi connectivity index (χ3v) is 5.80. The van der Waals surface area contributed by atoms with Crippen molar-refractivity contribution in [2.75, 3.05) is 6.54 Å². The monoisotopic (exact) mass is 418 g/mol. The number of benzene rings is 1. The smallest absolute Gasteiger partial charge is 0.408 e. The summed E-state index contributed by atoms with van der Waals surface area (Å²) in [6, 6.07) is 8.97. The van der Waals surface area contributed by atoms with Gasteiger partial charge in [0.15, 0.2) is 0 Å². The second-order valence-corrected chi connectivity index (χ2v) is 9.98. The maximum atomic E-state index is 13.1. The van der Waals surface area contributed by atoms with Crippen LogP contribution in [0.25, 0.3) is 0 Å². The Labute approximate surface area is 180 Å². The van der Waals surface area contributed by atoms with Crippen molar-refractivity contribution >= 4 is 12.0 Å². The first kappa shape index (κ1) is 24.2. The number of carbonyl (C=O) groups excluding carboxylic acids is 2. The standard InChI is InChI=1S/C24H38N2O4/c1-16(2)19-13-12-17(3)14-24(19,29)21(27)25-15-20(18-10-8-7-9-11-18)26-22(28)30-23(4,5)6/h7-11,16-17,19-20,29H,12-15H2,1-6H3,(H,25,27)(H,26,28)/t17-,19+,20-,24+/m1/s1. The summed E-state index contributed by atoms with van der Waals surface area (Å²) in [6.07, 6.45) is 1.76. The number of nitrogens with one attached hydrogen (secondary N) is 2. The zero-order valence-electron chi connectivity index (χ0n) is 19.2. The van der Waals surface area contributed by atoms with E-state index in [1.165, 1.54) is 0 Å². The summed E-state index contributed by atoms with van der Waals surface area (Å²) in [5.41, 5.74) is -1.15. The highest BCUT2D eigenvalue weighted by Gasteiger charge is 2.48. The molecule has 0 aromatic heterocycles. The number of rotatable bonds is 6. The molecule has 2 rings (SSSR count). The predicted molar refractivity (Wildman–Crippen MR) is 118 cm³/mol. The summed E-state index contributed by atoms with van der Waals surface area (Å²) in [5, 5.41) is 17.1. The van der Waals surface area contributed by atoms with Crippen molar-refractivity contribution in [3.05, 3.63) is 35.9 Å². The van der Waals surface area contributed by atoms with Gasteiger partial charge < -0.3 is 20.5 Å². The van der Waals surface area contributed by atoms with Crippen molar-refractivity contribution in [3.8, 4) is 0 Å². The molecule has 0 saturated heterocycles. The molecule has 1 aromatic carbocycles. The zero-order valence-corrected chi connectivity index (χ0v) is 19.2. The third-order valence-electron chi connectivity index (χ3n) is 5.80. The number of hydrogen-bond donors (Lipinski definition) is 3. The Hall–Kier alpha value is -2.08. The van der Waals surface area contributed by atoms with Crippen LogP contribution in [0.3, 0.4) is 0 Å². The maximum absolute atomic E-state index is 13.1. The van der Waals surface area contributed by atoms with Crippen LogP contribution in [-0.2, 0) is 9.53 Å². The van der Waals surface area contributed by atoms with Crippen LogP contribution in [0.4, 0.5) is 4.79 Å². The molecule has 0 heterocycles. The third kappa shape index (κ3) is 6.46. The van der Waals surface area contributed by atoms with Crippen LogP contribution in [0.2, 0.25) is 0 Å². The Morgan fingerprint density at radius 2 is 1.83 bits per heavy atom. The van der Waals surface area contributed by atoms with Gasteiger partial charge in [-0.1, -0.05) is 57.5 Å². The fourth-order valence-corrected chi connectivity index (χ4v) is 4.37. The first-order valence-corrected chi connectivity index (χ1v) is 11.0. The van der Waals surface area contributed by atoms with E-state index in [1.807, 2.05) is 30.3 Å². The number of hydrogen-bond acceptors (Lipinski definition) is 4. The highest BCUT2D eigenvalue weighted by atomic mass is 16.6. The Morgan fingerprint density at radius 3 is 2.40 bits per heavy atom. The van der Waals surface area contributed by atoms with Crippen LogP contribution in [0.5, 0.6) is 0 Å². The lowest BCUT2D eigenvalue weighted by Crippen LogP contribution is -2.57. The van der Waals surface area contributed by atoms with Gasteiger partial charge in [-0.15, -0.1) is 0 Å². The topological polar surface area (TPSA) is 87.7 Å². The van der Waals surface area contributed by atoms with Crippen molar-refractivity contribution in [1.82, 2.24) is 10.6 Å². The van der Waals surface area contributed by atoms with Crippen LogP contribution < -0.4 is 10.6 Å². The number of aliphatic hydroxyl groups is 1. The van der Waals surface area contributed by atoms with Crippen molar-refractivity contribution in [1.29, 1.82) is 0 Å². The molecule has 6 heteroatoms. The second-order valence-electron chi connectivity index (χ2n) is 9.98. The minimum Gasteiger partial charge on any atom is -0.444 e. The van der Waals surface area contributed by atoms with Gasteiger partial charge in [-0.25, -0.2) is 4.79 Å². The van der Waals surface area contributed by atoms with Crippen LogP contribution in [0.1, 0.15) is 72.4 Å². The Bertz CT molecular complexity index is 714. The first-order chi connectivity index (χ1) is 13.9. The van der Waals surface area contributed by atoms with E-state index in [4.69, 9.17) is 4.74 Å². The Kier molecular flexibility index (Phi) is 7.92. The minimum atomic E-state index is -1.39. The Morgan fingerprint density at radius 1 is 1.20 bits per heavy atom. The van der Waals surface area contributed by atoms with Crippen molar-refractivity contribution < 1.29 is 19.4 Å². The van der Waals surface area contributed by atoms with E-state index in [2.05, 4.69) is 31.4 Å². The number of carbonyl (C=O) groups is 2. The highest BCUT2D eigenvalue weighted by Crippen LogP contribution is 2.41. The van der Waals surface area contributed by atoms with Crippen LogP contribution in [-0.4, -0.2) is 34.9 Å². The van der Waals surface area contributed by atoms with Gasteiger partial charge in [-0.3, -0.25) is 4.79 Å². The van der Waals surface area contributed by atoms with E-state index < -0.39 is 23.3 Å². The summed E-state index contributed by atoms with van der Waals surface area (Å²) in [7, 11) is 0. The van der Waals surface area contributed by atoms with Gasteiger partial charge in [-0.05, 0) is 56.9 Å². The molecule has 1 saturated carbocycles. The van der Waals surface area contributed by atoms with Crippen LogP contribution >= 0.6 is 0 Å². The fourth-order valence-electron chi connectivity index (χ4n) is 4.37. The first-order valence-electron chi connectivity index (χ1n) is 11.0. The summed E-state index contributed by atoms with van der Waals surface area (Å²) in [5.74, 6) is 0.0565. The van der Waals surface area contributed by atoms with E-state index in [0.717, 1.165) is 18.4 Å². The maximum Gasteiger partial charge on any atom is 0.408 e. The zero-order chi connectivity index (χ0) is 22.5. The molecule has 0 radical (unpaired) electrons. The molecule has 0 aliphatic heterocycles. The van der Waals surface area contributed by atoms with E-state index in [-0.39, 0.29) is 24.3 Å². The normalized spacial score (nSPS) is 25.5. The Balaban J connectivity index is 2.13. The molecular weight excluding hydrogens is 380 g/mol. The summed E-state index contributed by atoms with van der Waals surface area (Å²) >= 11 is 0. The molecule has 168 valence electrons. The second kappa shape index (κ2) is 9.82. The van der Waals surface area contributed by atoms with Gasteiger partial charge >= 0.3 is 6.09 Å². The molecular formula is C24H38N2O4. The molecule has 1 fully saturated rings. The fraction of sp³-hybridized carbons (Fsp3) is 0.667. The molecule has 4 atom stereocenters.